The van der Waals surface area contributed by atoms with Crippen LogP contribution in [0.4, 0.5) is 0 Å². The minimum absolute atomic E-state index is 0.0282. The molecule has 110 valence electrons. The third-order valence-electron chi connectivity index (χ3n) is 4.14. The Morgan fingerprint density at radius 3 is 2.80 bits per heavy atom. The maximum Gasteiger partial charge on any atom is 0.236 e. The Hall–Kier alpha value is -2.12. The van der Waals surface area contributed by atoms with Crippen molar-refractivity contribution in [3.63, 3.8) is 0 Å². The summed E-state index contributed by atoms with van der Waals surface area (Å²) in [6.45, 7) is 5.37. The molecule has 0 fully saturated rings. The summed E-state index contributed by atoms with van der Waals surface area (Å²) in [7, 11) is 0. The van der Waals surface area contributed by atoms with Gasteiger partial charge in [-0.25, -0.2) is 0 Å². The summed E-state index contributed by atoms with van der Waals surface area (Å²) in [5.74, 6) is 0.608. The van der Waals surface area contributed by atoms with E-state index in [0.29, 0.717) is 32.5 Å². The Morgan fingerprint density at radius 2 is 2.20 bits per heavy atom. The van der Waals surface area contributed by atoms with E-state index in [0.717, 1.165) is 5.82 Å². The third-order valence-corrected chi connectivity index (χ3v) is 4.14. The van der Waals surface area contributed by atoms with Crippen molar-refractivity contribution >= 4 is 11.7 Å². The van der Waals surface area contributed by atoms with Crippen molar-refractivity contribution < 1.29 is 10.0 Å². The average Bonchev–Trinajstić information content (AvgIpc) is 2.95. The molecule has 0 aliphatic carbocycles. The molecule has 8 nitrogen and oxygen atoms in total. The lowest BCUT2D eigenvalue weighted by molar-refractivity contribution is -0.140. The number of nitrogens with zero attached hydrogens (tertiary/aromatic N) is 5. The van der Waals surface area contributed by atoms with Crippen LogP contribution in [0.5, 0.6) is 0 Å². The second-order valence-corrected chi connectivity index (χ2v) is 4.94. The highest BCUT2D eigenvalue weighted by atomic mass is 16.4. The molecule has 0 unspecified atom stereocenters. The molecule has 3 N–H and O–H groups in total. The number of oxime groups is 1. The molecule has 0 aromatic carbocycles. The van der Waals surface area contributed by atoms with Crippen molar-refractivity contribution in [2.75, 3.05) is 6.54 Å². The van der Waals surface area contributed by atoms with Crippen molar-refractivity contribution in [1.82, 2.24) is 19.7 Å². The second kappa shape index (κ2) is 5.48. The fourth-order valence-corrected chi connectivity index (χ4v) is 2.66. The molecule has 1 amide bonds. The van der Waals surface area contributed by atoms with Crippen LogP contribution in [0.1, 0.15) is 32.5 Å². The minimum atomic E-state index is -0.947. The van der Waals surface area contributed by atoms with Crippen LogP contribution in [0, 0.1) is 5.41 Å². The van der Waals surface area contributed by atoms with Crippen LogP contribution in [0.2, 0.25) is 0 Å². The number of carbonyl (C=O) groups is 1. The number of amides is 1. The van der Waals surface area contributed by atoms with Crippen molar-refractivity contribution in [3.8, 4) is 0 Å². The zero-order chi connectivity index (χ0) is 14.8. The number of nitrogens with two attached hydrogens (primary N) is 1. The SMILES string of the molecule is CCC(CC)(C(=O)N1CCn2cnnc2C1)C(N)=NO. The van der Waals surface area contributed by atoms with Crippen LogP contribution < -0.4 is 5.73 Å². The summed E-state index contributed by atoms with van der Waals surface area (Å²) >= 11 is 0. The Balaban J connectivity index is 2.26. The Labute approximate surface area is 117 Å². The molecule has 0 atom stereocenters. The number of rotatable bonds is 4. The maximum absolute atomic E-state index is 12.8. The minimum Gasteiger partial charge on any atom is -0.409 e. The van der Waals surface area contributed by atoms with Crippen LogP contribution in [0.25, 0.3) is 0 Å². The van der Waals surface area contributed by atoms with Crippen molar-refractivity contribution in [1.29, 1.82) is 0 Å². The molecule has 1 aliphatic rings. The second-order valence-electron chi connectivity index (χ2n) is 4.94. The summed E-state index contributed by atoms with van der Waals surface area (Å²) in [5, 5.41) is 19.9. The highest BCUT2D eigenvalue weighted by molar-refractivity contribution is 6.06. The Morgan fingerprint density at radius 1 is 1.50 bits per heavy atom. The summed E-state index contributed by atoms with van der Waals surface area (Å²) in [5.41, 5.74) is 4.83. The van der Waals surface area contributed by atoms with Gasteiger partial charge in [-0.1, -0.05) is 19.0 Å². The van der Waals surface area contributed by atoms with E-state index in [2.05, 4.69) is 15.4 Å². The normalized spacial score (nSPS) is 16.1. The first-order valence-electron chi connectivity index (χ1n) is 6.73. The van der Waals surface area contributed by atoms with E-state index in [1.54, 1.807) is 11.2 Å². The molecule has 0 saturated carbocycles. The fraction of sp³-hybridized carbons (Fsp3) is 0.667. The van der Waals surface area contributed by atoms with Gasteiger partial charge in [0, 0.05) is 13.1 Å². The van der Waals surface area contributed by atoms with E-state index in [1.807, 2.05) is 18.4 Å². The average molecular weight is 280 g/mol. The molecule has 0 bridgehead atoms. The Kier molecular flexibility index (Phi) is 3.91. The maximum atomic E-state index is 12.8. The monoisotopic (exact) mass is 280 g/mol. The molecule has 0 radical (unpaired) electrons. The molecule has 8 heteroatoms. The molecule has 2 heterocycles. The van der Waals surface area contributed by atoms with Gasteiger partial charge in [0.25, 0.3) is 0 Å². The Bertz CT molecular complexity index is 520. The summed E-state index contributed by atoms with van der Waals surface area (Å²) < 4.78 is 1.92. The molecule has 20 heavy (non-hydrogen) atoms. The summed E-state index contributed by atoms with van der Waals surface area (Å²) in [6, 6.07) is 0. The van der Waals surface area contributed by atoms with E-state index in [1.165, 1.54) is 0 Å². The highest BCUT2D eigenvalue weighted by Crippen LogP contribution is 2.30. The van der Waals surface area contributed by atoms with Gasteiger partial charge in [0.15, 0.2) is 11.7 Å². The van der Waals surface area contributed by atoms with E-state index >= 15 is 0 Å². The van der Waals surface area contributed by atoms with Crippen molar-refractivity contribution in [3.05, 3.63) is 12.2 Å². The topological polar surface area (TPSA) is 110 Å². The quantitative estimate of drug-likeness (QED) is 0.354. The van der Waals surface area contributed by atoms with E-state index in [4.69, 9.17) is 10.9 Å². The van der Waals surface area contributed by atoms with Crippen LogP contribution in [-0.4, -0.2) is 43.2 Å². The first kappa shape index (κ1) is 14.3. The molecule has 2 rings (SSSR count). The van der Waals surface area contributed by atoms with Crippen molar-refractivity contribution in [2.45, 2.75) is 39.8 Å². The lowest BCUT2D eigenvalue weighted by atomic mass is 9.79. The smallest absolute Gasteiger partial charge is 0.236 e. The summed E-state index contributed by atoms with van der Waals surface area (Å²) in [6.07, 6.45) is 2.64. The zero-order valence-corrected chi connectivity index (χ0v) is 11.8. The highest BCUT2D eigenvalue weighted by Gasteiger charge is 2.43. The van der Waals surface area contributed by atoms with Gasteiger partial charge in [0.1, 0.15) is 11.7 Å². The predicted octanol–water partition coefficient (Wildman–Crippen LogP) is 0.173. The molecule has 1 aliphatic heterocycles. The number of aromatic nitrogens is 3. The van der Waals surface area contributed by atoms with Gasteiger partial charge in [0.05, 0.1) is 6.54 Å². The molecule has 1 aromatic heterocycles. The lowest BCUT2D eigenvalue weighted by Gasteiger charge is -2.36. The largest absolute Gasteiger partial charge is 0.409 e. The molecular formula is C12H20N6O2. The molecule has 1 aromatic rings. The number of hydrogen-bond acceptors (Lipinski definition) is 5. The predicted molar refractivity (Wildman–Crippen MR) is 71.9 cm³/mol. The van der Waals surface area contributed by atoms with Gasteiger partial charge in [-0.3, -0.25) is 4.79 Å². The lowest BCUT2D eigenvalue weighted by Crippen LogP contribution is -2.52. The molecule has 0 spiro atoms. The summed E-state index contributed by atoms with van der Waals surface area (Å²) in [4.78, 5) is 14.5. The van der Waals surface area contributed by atoms with E-state index in [9.17, 15) is 4.79 Å². The first-order chi connectivity index (χ1) is 9.58. The van der Waals surface area contributed by atoms with Crippen LogP contribution in [0.3, 0.4) is 0 Å². The first-order valence-corrected chi connectivity index (χ1v) is 6.73. The van der Waals surface area contributed by atoms with Gasteiger partial charge in [-0.05, 0) is 12.8 Å². The van der Waals surface area contributed by atoms with Gasteiger partial charge in [0.2, 0.25) is 5.91 Å². The van der Waals surface area contributed by atoms with E-state index < -0.39 is 5.41 Å². The molecule has 0 saturated heterocycles. The van der Waals surface area contributed by atoms with Crippen LogP contribution in [0.15, 0.2) is 11.5 Å². The number of amidine groups is 1. The van der Waals surface area contributed by atoms with Crippen LogP contribution in [-0.2, 0) is 17.9 Å². The van der Waals surface area contributed by atoms with Gasteiger partial charge >= 0.3 is 0 Å². The fourth-order valence-electron chi connectivity index (χ4n) is 2.66. The van der Waals surface area contributed by atoms with Gasteiger partial charge in [-0.2, -0.15) is 0 Å². The standard InChI is InChI=1S/C12H20N6O2/c1-3-12(4-2,10(13)16-20)11(19)17-5-6-18-8-14-15-9(18)7-17/h8,20H,3-7H2,1-2H3,(H2,13,16). The number of fused-ring (bicyclic) bond motifs is 1. The third kappa shape index (κ3) is 2.10. The molecular weight excluding hydrogens is 260 g/mol. The van der Waals surface area contributed by atoms with Gasteiger partial charge < -0.3 is 20.4 Å². The number of carbonyl (C=O) groups excluding carboxylic acids is 1. The van der Waals surface area contributed by atoms with E-state index in [-0.39, 0.29) is 11.7 Å². The van der Waals surface area contributed by atoms with Crippen molar-refractivity contribution in [2.24, 2.45) is 16.3 Å². The van der Waals surface area contributed by atoms with Crippen LogP contribution >= 0.6 is 0 Å². The number of hydrogen-bond donors (Lipinski definition) is 2. The zero-order valence-electron chi connectivity index (χ0n) is 11.8. The van der Waals surface area contributed by atoms with Gasteiger partial charge in [-0.15, -0.1) is 10.2 Å².